The molecule has 0 unspecified atom stereocenters. The summed E-state index contributed by atoms with van der Waals surface area (Å²) < 4.78 is 54.5. The number of benzene rings is 1. The largest absolute Gasteiger partial charge is 0.490 e. The van der Waals surface area contributed by atoms with Gasteiger partial charge >= 0.3 is 12.1 Å². The van der Waals surface area contributed by atoms with Gasteiger partial charge < -0.3 is 15.7 Å². The van der Waals surface area contributed by atoms with Crippen LogP contribution in [0.15, 0.2) is 24.3 Å². The van der Waals surface area contributed by atoms with E-state index in [0.29, 0.717) is 17.9 Å². The molecule has 0 atom stereocenters. The van der Waals surface area contributed by atoms with Gasteiger partial charge in [0.15, 0.2) is 0 Å². The third-order valence-electron chi connectivity index (χ3n) is 6.48. The van der Waals surface area contributed by atoms with Crippen LogP contribution in [0.2, 0.25) is 0 Å². The monoisotopic (exact) mass is 504 g/mol. The van der Waals surface area contributed by atoms with Crippen molar-refractivity contribution in [3.63, 3.8) is 0 Å². The molecule has 192 valence electrons. The highest BCUT2D eigenvalue weighted by Gasteiger charge is 2.38. The molecule has 1 aliphatic carbocycles. The number of alkyl halides is 3. The van der Waals surface area contributed by atoms with Gasteiger partial charge in [-0.05, 0) is 79.8 Å². The molecule has 1 aliphatic heterocycles. The van der Waals surface area contributed by atoms with Gasteiger partial charge in [-0.3, -0.25) is 0 Å². The fourth-order valence-corrected chi connectivity index (χ4v) is 4.80. The van der Waals surface area contributed by atoms with Crippen LogP contribution >= 0.6 is 0 Å². The Bertz CT molecular complexity index is 996. The summed E-state index contributed by atoms with van der Waals surface area (Å²) >= 11 is 0. The number of carbonyl (C=O) groups is 1. The number of sulfone groups is 1. The van der Waals surface area contributed by atoms with Crippen LogP contribution in [0.5, 0.6) is 0 Å². The number of nitrogens with zero attached hydrogens (tertiary/aromatic N) is 1. The number of hydrogen-bond acceptors (Lipinski definition) is 5. The molecule has 1 heterocycles. The van der Waals surface area contributed by atoms with Crippen LogP contribution in [-0.4, -0.2) is 62.2 Å². The maximum absolute atomic E-state index is 11.4. The lowest BCUT2D eigenvalue weighted by atomic mass is 9.76. The van der Waals surface area contributed by atoms with E-state index in [2.05, 4.69) is 43.0 Å². The number of carboxylic acids is 1. The van der Waals surface area contributed by atoms with E-state index in [0.717, 1.165) is 44.5 Å². The number of hydrogen-bond donors (Lipinski definition) is 2. The van der Waals surface area contributed by atoms with Crippen molar-refractivity contribution >= 4 is 27.1 Å². The Morgan fingerprint density at radius 2 is 1.82 bits per heavy atom. The lowest BCUT2D eigenvalue weighted by molar-refractivity contribution is -0.192. The first kappa shape index (κ1) is 28.2. The summed E-state index contributed by atoms with van der Waals surface area (Å²) in [5.74, 6) is -1.96. The number of aliphatic carboxylic acids is 1. The van der Waals surface area contributed by atoms with Crippen LogP contribution in [0, 0.1) is 5.41 Å². The molecule has 0 aromatic heterocycles. The molecule has 1 aromatic rings. The van der Waals surface area contributed by atoms with Crippen molar-refractivity contribution in [2.24, 2.45) is 5.41 Å². The average molecular weight is 505 g/mol. The van der Waals surface area contributed by atoms with E-state index < -0.39 is 22.0 Å². The lowest BCUT2D eigenvalue weighted by Crippen LogP contribution is -2.36. The van der Waals surface area contributed by atoms with Gasteiger partial charge in [0.05, 0.1) is 5.75 Å². The fraction of sp³-hybridized carbons (Fsp3) is 0.625. The zero-order chi connectivity index (χ0) is 25.7. The number of nitrogens with two attached hydrogens (primary N) is 1. The van der Waals surface area contributed by atoms with Crippen LogP contribution in [0.1, 0.15) is 63.0 Å². The summed E-state index contributed by atoms with van der Waals surface area (Å²) in [6.07, 6.45) is 4.21. The molecule has 1 saturated heterocycles. The Morgan fingerprint density at radius 1 is 1.24 bits per heavy atom. The second-order valence-electron chi connectivity index (χ2n) is 9.99. The highest BCUT2D eigenvalue weighted by Crippen LogP contribution is 2.40. The molecule has 6 nitrogen and oxygen atoms in total. The maximum atomic E-state index is 11.4. The molecule has 0 spiro atoms. The van der Waals surface area contributed by atoms with Gasteiger partial charge in [0.25, 0.3) is 0 Å². The van der Waals surface area contributed by atoms with Crippen LogP contribution in [0.3, 0.4) is 0 Å². The van der Waals surface area contributed by atoms with Gasteiger partial charge in [-0.2, -0.15) is 13.2 Å². The number of nitrogen functional groups attached to an aromatic ring is 1. The number of anilines is 1. The molecule has 1 fully saturated rings. The van der Waals surface area contributed by atoms with Gasteiger partial charge in [0.1, 0.15) is 9.84 Å². The van der Waals surface area contributed by atoms with Gasteiger partial charge in [-0.1, -0.05) is 26.0 Å². The van der Waals surface area contributed by atoms with Gasteiger partial charge in [-0.25, -0.2) is 13.2 Å². The molecule has 2 aliphatic rings. The third kappa shape index (κ3) is 8.94. The summed E-state index contributed by atoms with van der Waals surface area (Å²) in [6.45, 7) is 7.25. The standard InChI is InChI=1S/C22H34N2O2S.C2HF3O2/c1-22(2)10-6-18(7-11-22)20-16-19(4-5-21(20)23)17-8-12-24(13-9-17)14-15-27(3,25)26;3-2(4,5)1(6)7/h4-6,16-17H,7-15,23H2,1-3H3;(H,6,7). The number of carboxylic acid groups (broad SMARTS) is 1. The second kappa shape index (κ2) is 11.1. The molecule has 3 rings (SSSR count). The number of piperidine rings is 1. The van der Waals surface area contributed by atoms with Crippen LogP contribution in [-0.2, 0) is 14.6 Å². The Hall–Kier alpha value is -2.07. The summed E-state index contributed by atoms with van der Waals surface area (Å²) in [5, 5.41) is 7.12. The first-order valence-electron chi connectivity index (χ1n) is 11.4. The predicted octanol–water partition coefficient (Wildman–Crippen LogP) is 4.72. The first-order valence-corrected chi connectivity index (χ1v) is 13.4. The first-order chi connectivity index (χ1) is 15.6. The van der Waals surface area contributed by atoms with Crippen molar-refractivity contribution < 1.29 is 31.5 Å². The Balaban J connectivity index is 0.000000509. The van der Waals surface area contributed by atoms with Crippen LogP contribution in [0.4, 0.5) is 18.9 Å². The minimum absolute atomic E-state index is 0.258. The zero-order valence-electron chi connectivity index (χ0n) is 20.0. The van der Waals surface area contributed by atoms with Crippen LogP contribution in [0.25, 0.3) is 5.57 Å². The minimum atomic E-state index is -5.08. The SMILES string of the molecule is CC1(C)CC=C(c2cc(C3CCN(CCS(C)(=O)=O)CC3)ccc2N)CC1.O=C(O)C(F)(F)F. The number of likely N-dealkylation sites (tertiary alicyclic amines) is 1. The molecule has 0 amide bonds. The van der Waals surface area contributed by atoms with Gasteiger partial charge in [0, 0.05) is 24.1 Å². The Labute approximate surface area is 199 Å². The normalized spacial score (nSPS) is 19.6. The van der Waals surface area contributed by atoms with Crippen molar-refractivity contribution in [3.05, 3.63) is 35.4 Å². The zero-order valence-corrected chi connectivity index (χ0v) is 20.8. The maximum Gasteiger partial charge on any atom is 0.490 e. The van der Waals surface area contributed by atoms with Crippen molar-refractivity contribution in [2.75, 3.05) is 37.4 Å². The van der Waals surface area contributed by atoms with Crippen molar-refractivity contribution in [3.8, 4) is 0 Å². The fourth-order valence-electron chi connectivity index (χ4n) is 4.21. The molecule has 3 N–H and O–H groups in total. The minimum Gasteiger partial charge on any atom is -0.475 e. The van der Waals surface area contributed by atoms with Crippen molar-refractivity contribution in [2.45, 2.75) is 58.0 Å². The van der Waals surface area contributed by atoms with E-state index in [9.17, 15) is 21.6 Å². The molecule has 0 saturated carbocycles. The molecule has 10 heteroatoms. The van der Waals surface area contributed by atoms with Gasteiger partial charge in [-0.15, -0.1) is 0 Å². The van der Waals surface area contributed by atoms with Crippen LogP contribution < -0.4 is 5.73 Å². The van der Waals surface area contributed by atoms with Gasteiger partial charge in [0.2, 0.25) is 0 Å². The summed E-state index contributed by atoms with van der Waals surface area (Å²) in [5.41, 5.74) is 11.6. The summed E-state index contributed by atoms with van der Waals surface area (Å²) in [7, 11) is -2.88. The Morgan fingerprint density at radius 3 is 2.29 bits per heavy atom. The highest BCUT2D eigenvalue weighted by molar-refractivity contribution is 7.90. The number of rotatable bonds is 5. The van der Waals surface area contributed by atoms with Crippen molar-refractivity contribution in [1.82, 2.24) is 4.90 Å². The topological polar surface area (TPSA) is 101 Å². The summed E-state index contributed by atoms with van der Waals surface area (Å²) in [6, 6.07) is 6.57. The Kier molecular flexibility index (Phi) is 9.21. The van der Waals surface area contributed by atoms with E-state index in [4.69, 9.17) is 15.6 Å². The third-order valence-corrected chi connectivity index (χ3v) is 7.40. The quantitative estimate of drug-likeness (QED) is 0.563. The molecule has 0 radical (unpaired) electrons. The smallest absolute Gasteiger partial charge is 0.475 e. The molecule has 1 aromatic carbocycles. The van der Waals surface area contributed by atoms with E-state index in [1.165, 1.54) is 29.4 Å². The molecular weight excluding hydrogens is 469 g/mol. The average Bonchev–Trinajstić information content (AvgIpc) is 2.73. The van der Waals surface area contributed by atoms with E-state index in [1.54, 1.807) is 0 Å². The number of allylic oxidation sites excluding steroid dienone is 2. The van der Waals surface area contributed by atoms with E-state index in [-0.39, 0.29) is 5.75 Å². The highest BCUT2D eigenvalue weighted by atomic mass is 32.2. The predicted molar refractivity (Wildman–Crippen MR) is 128 cm³/mol. The molecular formula is C24H35F3N2O4S. The van der Waals surface area contributed by atoms with E-state index in [1.807, 2.05) is 0 Å². The van der Waals surface area contributed by atoms with E-state index >= 15 is 0 Å². The molecule has 0 bridgehead atoms. The summed E-state index contributed by atoms with van der Waals surface area (Å²) in [4.78, 5) is 11.2. The second-order valence-corrected chi connectivity index (χ2v) is 12.3. The molecule has 34 heavy (non-hydrogen) atoms. The number of halogens is 3. The van der Waals surface area contributed by atoms with Crippen molar-refractivity contribution in [1.29, 1.82) is 0 Å². The lowest BCUT2D eigenvalue weighted by Gasteiger charge is -2.33.